The Kier molecular flexibility index (Phi) is 3.70. The van der Waals surface area contributed by atoms with Gasteiger partial charge in [0.25, 0.3) is 0 Å². The minimum atomic E-state index is 0.875. The fourth-order valence-corrected chi connectivity index (χ4v) is 3.28. The topological polar surface area (TPSA) is 29.0 Å². The van der Waals surface area contributed by atoms with Gasteiger partial charge in [-0.1, -0.05) is 42.0 Å². The van der Waals surface area contributed by atoms with Gasteiger partial charge in [-0.05, 0) is 38.3 Å². The van der Waals surface area contributed by atoms with Crippen LogP contribution in [0.5, 0.6) is 0 Å². The second-order valence-electron chi connectivity index (χ2n) is 6.31. The highest BCUT2D eigenvalue weighted by atomic mass is 15.3. The van der Waals surface area contributed by atoms with Gasteiger partial charge in [0.1, 0.15) is 0 Å². The fourth-order valence-electron chi connectivity index (χ4n) is 3.28. The molecule has 0 aliphatic carbocycles. The molecule has 0 amide bonds. The Balaban J connectivity index is 1.91. The molecule has 1 saturated heterocycles. The minimum absolute atomic E-state index is 0.875. The van der Waals surface area contributed by atoms with Gasteiger partial charge in [0.05, 0.1) is 11.2 Å². The molecule has 0 saturated carbocycles. The van der Waals surface area contributed by atoms with E-state index in [2.05, 4.69) is 54.3 Å². The maximum atomic E-state index is 4.95. The summed E-state index contributed by atoms with van der Waals surface area (Å²) in [5.74, 6) is 0.875. The van der Waals surface area contributed by atoms with Crippen LogP contribution in [0.25, 0.3) is 22.2 Å². The summed E-state index contributed by atoms with van der Waals surface area (Å²) in [6.07, 6.45) is 3.78. The molecule has 2 heterocycles. The third-order valence-corrected chi connectivity index (χ3v) is 4.53. The summed E-state index contributed by atoms with van der Waals surface area (Å²) in [5.41, 5.74) is 4.47. The van der Waals surface area contributed by atoms with Crippen molar-refractivity contribution >= 4 is 16.9 Å². The predicted octanol–water partition coefficient (Wildman–Crippen LogP) is 4.60. The van der Waals surface area contributed by atoms with Crippen LogP contribution in [0.2, 0.25) is 0 Å². The van der Waals surface area contributed by atoms with Gasteiger partial charge in [0.2, 0.25) is 5.95 Å². The summed E-state index contributed by atoms with van der Waals surface area (Å²) in [4.78, 5) is 12.1. The monoisotopic (exact) mass is 303 g/mol. The Hall–Kier alpha value is -2.42. The molecule has 3 aromatic rings. The first kappa shape index (κ1) is 14.2. The molecule has 3 nitrogen and oxygen atoms in total. The molecule has 1 aliphatic heterocycles. The summed E-state index contributed by atoms with van der Waals surface area (Å²) < 4.78 is 0. The largest absolute Gasteiger partial charge is 0.341 e. The Labute approximate surface area is 137 Å². The van der Waals surface area contributed by atoms with Crippen molar-refractivity contribution in [2.45, 2.75) is 26.2 Å². The van der Waals surface area contributed by atoms with Gasteiger partial charge in [0, 0.05) is 24.0 Å². The lowest BCUT2D eigenvalue weighted by molar-refractivity contribution is 0.569. The van der Waals surface area contributed by atoms with E-state index in [9.17, 15) is 0 Å². The molecule has 1 fully saturated rings. The summed E-state index contributed by atoms with van der Waals surface area (Å²) in [6, 6.07) is 16.9. The van der Waals surface area contributed by atoms with E-state index in [1.807, 2.05) is 6.07 Å². The zero-order valence-corrected chi connectivity index (χ0v) is 13.5. The number of hydrogen-bond acceptors (Lipinski definition) is 3. The molecule has 116 valence electrons. The Morgan fingerprint density at radius 3 is 2.43 bits per heavy atom. The van der Waals surface area contributed by atoms with Crippen LogP contribution in [0.1, 0.15) is 24.8 Å². The first-order valence-electron chi connectivity index (χ1n) is 8.40. The van der Waals surface area contributed by atoms with Crippen molar-refractivity contribution in [2.24, 2.45) is 0 Å². The first-order chi connectivity index (χ1) is 11.3. The summed E-state index contributed by atoms with van der Waals surface area (Å²) >= 11 is 0. The molecular formula is C20H21N3. The Bertz CT molecular complexity index is 821. The molecule has 1 aromatic heterocycles. The molecule has 4 rings (SSSR count). The van der Waals surface area contributed by atoms with Gasteiger partial charge in [-0.15, -0.1) is 0 Å². The van der Waals surface area contributed by atoms with Crippen molar-refractivity contribution < 1.29 is 0 Å². The average Bonchev–Trinajstić information content (AvgIpc) is 2.62. The summed E-state index contributed by atoms with van der Waals surface area (Å²) in [7, 11) is 0. The highest BCUT2D eigenvalue weighted by Gasteiger charge is 2.17. The number of anilines is 1. The van der Waals surface area contributed by atoms with E-state index >= 15 is 0 Å². The van der Waals surface area contributed by atoms with Crippen LogP contribution in [0.4, 0.5) is 5.95 Å². The van der Waals surface area contributed by atoms with Gasteiger partial charge >= 0.3 is 0 Å². The van der Waals surface area contributed by atoms with Crippen LogP contribution in [0.3, 0.4) is 0 Å². The van der Waals surface area contributed by atoms with E-state index in [0.717, 1.165) is 41.2 Å². The third-order valence-electron chi connectivity index (χ3n) is 4.53. The van der Waals surface area contributed by atoms with Gasteiger partial charge in [-0.25, -0.2) is 9.97 Å². The molecule has 0 spiro atoms. The minimum Gasteiger partial charge on any atom is -0.341 e. The van der Waals surface area contributed by atoms with Gasteiger partial charge in [0.15, 0.2) is 0 Å². The maximum absolute atomic E-state index is 4.95. The highest BCUT2D eigenvalue weighted by molar-refractivity contribution is 5.93. The summed E-state index contributed by atoms with van der Waals surface area (Å²) in [6.45, 7) is 4.24. The lowest BCUT2D eigenvalue weighted by atomic mass is 10.0. The van der Waals surface area contributed by atoms with Crippen molar-refractivity contribution in [3.63, 3.8) is 0 Å². The van der Waals surface area contributed by atoms with E-state index in [0.29, 0.717) is 0 Å². The number of aryl methyl sites for hydroxylation is 1. The van der Waals surface area contributed by atoms with Crippen molar-refractivity contribution in [3.05, 3.63) is 54.1 Å². The standard InChI is InChI=1S/C20H21N3/c1-15-10-11-18-17(14-15)19(16-8-4-2-5-9-16)22-20(21-18)23-12-6-3-7-13-23/h2,4-5,8-11,14H,3,6-7,12-13H2,1H3. The second-order valence-corrected chi connectivity index (χ2v) is 6.31. The van der Waals surface area contributed by atoms with E-state index in [-0.39, 0.29) is 0 Å². The zero-order valence-electron chi connectivity index (χ0n) is 13.5. The Morgan fingerprint density at radius 2 is 1.65 bits per heavy atom. The number of rotatable bonds is 2. The SMILES string of the molecule is Cc1ccc2nc(N3CCCCC3)nc(-c3ccccc3)c2c1. The highest BCUT2D eigenvalue weighted by Crippen LogP contribution is 2.29. The van der Waals surface area contributed by atoms with Crippen LogP contribution in [-0.2, 0) is 0 Å². The van der Waals surface area contributed by atoms with Crippen LogP contribution < -0.4 is 4.90 Å². The maximum Gasteiger partial charge on any atom is 0.226 e. The molecule has 0 atom stereocenters. The molecule has 0 radical (unpaired) electrons. The quantitative estimate of drug-likeness (QED) is 0.693. The normalized spacial score (nSPS) is 15.1. The van der Waals surface area contributed by atoms with Crippen molar-refractivity contribution in [3.8, 4) is 11.3 Å². The lowest BCUT2D eigenvalue weighted by Crippen LogP contribution is -2.31. The fraction of sp³-hybridized carbons (Fsp3) is 0.300. The van der Waals surface area contributed by atoms with Gasteiger partial charge < -0.3 is 4.90 Å². The molecule has 0 N–H and O–H groups in total. The van der Waals surface area contributed by atoms with Crippen LogP contribution in [0.15, 0.2) is 48.5 Å². The van der Waals surface area contributed by atoms with Crippen LogP contribution >= 0.6 is 0 Å². The van der Waals surface area contributed by atoms with Gasteiger partial charge in [-0.2, -0.15) is 0 Å². The molecular weight excluding hydrogens is 282 g/mol. The molecule has 3 heteroatoms. The Morgan fingerprint density at radius 1 is 0.870 bits per heavy atom. The number of benzene rings is 2. The molecule has 0 bridgehead atoms. The summed E-state index contributed by atoms with van der Waals surface area (Å²) in [5, 5.41) is 1.14. The van der Waals surface area contributed by atoms with Crippen LogP contribution in [-0.4, -0.2) is 23.1 Å². The third kappa shape index (κ3) is 2.79. The average molecular weight is 303 g/mol. The van der Waals surface area contributed by atoms with E-state index in [4.69, 9.17) is 9.97 Å². The van der Waals surface area contributed by atoms with E-state index < -0.39 is 0 Å². The number of hydrogen-bond donors (Lipinski definition) is 0. The zero-order chi connectivity index (χ0) is 15.6. The molecule has 2 aromatic carbocycles. The molecule has 0 unspecified atom stereocenters. The predicted molar refractivity (Wildman–Crippen MR) is 95.8 cm³/mol. The van der Waals surface area contributed by atoms with E-state index in [1.165, 1.54) is 24.8 Å². The van der Waals surface area contributed by atoms with Crippen molar-refractivity contribution in [1.29, 1.82) is 0 Å². The van der Waals surface area contributed by atoms with Gasteiger partial charge in [-0.3, -0.25) is 0 Å². The number of aromatic nitrogens is 2. The van der Waals surface area contributed by atoms with Crippen molar-refractivity contribution in [2.75, 3.05) is 18.0 Å². The number of nitrogens with zero attached hydrogens (tertiary/aromatic N) is 3. The smallest absolute Gasteiger partial charge is 0.226 e. The number of fused-ring (bicyclic) bond motifs is 1. The second kappa shape index (κ2) is 5.99. The molecule has 1 aliphatic rings. The first-order valence-corrected chi connectivity index (χ1v) is 8.40. The number of piperidine rings is 1. The van der Waals surface area contributed by atoms with Crippen LogP contribution in [0, 0.1) is 6.92 Å². The van der Waals surface area contributed by atoms with Crippen molar-refractivity contribution in [1.82, 2.24) is 9.97 Å². The van der Waals surface area contributed by atoms with E-state index in [1.54, 1.807) is 0 Å². The lowest BCUT2D eigenvalue weighted by Gasteiger charge is -2.27. The molecule has 23 heavy (non-hydrogen) atoms.